The lowest BCUT2D eigenvalue weighted by molar-refractivity contribution is 0.201. The van der Waals surface area contributed by atoms with E-state index in [-0.39, 0.29) is 11.3 Å². The average molecular weight is 215 g/mol. The lowest BCUT2D eigenvalue weighted by atomic mass is 9.98. The Morgan fingerprint density at radius 1 is 1.71 bits per heavy atom. The topological polar surface area (TPSA) is 61.9 Å². The minimum Gasteiger partial charge on any atom is -0.328 e. The van der Waals surface area contributed by atoms with Crippen LogP contribution < -0.4 is 0 Å². The Balaban J connectivity index is 2.04. The van der Waals surface area contributed by atoms with Crippen LogP contribution in [0.3, 0.4) is 0 Å². The normalized spacial score (nSPS) is 22.4. The molecule has 1 unspecified atom stereocenters. The number of halogens is 1. The molecule has 1 amide bonds. The van der Waals surface area contributed by atoms with Crippen molar-refractivity contribution in [2.24, 2.45) is 0 Å². The summed E-state index contributed by atoms with van der Waals surface area (Å²) in [4.78, 5) is 16.7. The van der Waals surface area contributed by atoms with Crippen LogP contribution in [0.4, 0.5) is 4.79 Å². The summed E-state index contributed by atoms with van der Waals surface area (Å²) in [6.07, 6.45) is 3.47. The van der Waals surface area contributed by atoms with Crippen LogP contribution in [0.25, 0.3) is 0 Å². The van der Waals surface area contributed by atoms with E-state index >= 15 is 0 Å². The minimum atomic E-state index is -0.380. The maximum atomic E-state index is 11.0. The molecule has 0 spiro atoms. The SMILES string of the molecule is O=C(Cl)N1CCCC(c2ncn[nH]2)C1. The standard InChI is InChI=1S/C8H11ClN4O/c9-8(14)13-3-1-2-6(4-13)7-10-5-11-12-7/h5-6H,1-4H2,(H,10,11,12). The number of hydrogen-bond acceptors (Lipinski definition) is 3. The lowest BCUT2D eigenvalue weighted by Gasteiger charge is -2.29. The van der Waals surface area contributed by atoms with E-state index in [0.717, 1.165) is 25.2 Å². The number of piperidine rings is 1. The van der Waals surface area contributed by atoms with Crippen LogP contribution in [-0.4, -0.2) is 38.5 Å². The van der Waals surface area contributed by atoms with Crippen molar-refractivity contribution in [2.75, 3.05) is 13.1 Å². The Kier molecular flexibility index (Phi) is 2.67. The van der Waals surface area contributed by atoms with Crippen LogP contribution >= 0.6 is 11.6 Å². The third-order valence-corrected chi connectivity index (χ3v) is 2.73. The van der Waals surface area contributed by atoms with Crippen LogP contribution in [0.15, 0.2) is 6.33 Å². The summed E-state index contributed by atoms with van der Waals surface area (Å²) in [5, 5.41) is 6.24. The molecule has 1 fully saturated rings. The zero-order valence-electron chi connectivity index (χ0n) is 7.61. The number of nitrogens with one attached hydrogen (secondary N) is 1. The highest BCUT2D eigenvalue weighted by Crippen LogP contribution is 2.24. The number of H-pyrrole nitrogens is 1. The zero-order chi connectivity index (χ0) is 9.97. The molecule has 1 aromatic heterocycles. The Morgan fingerprint density at radius 3 is 3.21 bits per heavy atom. The summed E-state index contributed by atoms with van der Waals surface area (Å²) in [5.41, 5.74) is 0. The van der Waals surface area contributed by atoms with Crippen LogP contribution in [0.1, 0.15) is 24.6 Å². The van der Waals surface area contributed by atoms with Crippen LogP contribution in [0, 0.1) is 0 Å². The molecular weight excluding hydrogens is 204 g/mol. The van der Waals surface area contributed by atoms with Crippen LogP contribution in [0.2, 0.25) is 0 Å². The maximum Gasteiger partial charge on any atom is 0.316 e. The summed E-state index contributed by atoms with van der Waals surface area (Å²) in [6, 6.07) is 0. The van der Waals surface area contributed by atoms with Gasteiger partial charge in [-0.1, -0.05) is 0 Å². The molecule has 1 N–H and O–H groups in total. The maximum absolute atomic E-state index is 11.0. The lowest BCUT2D eigenvalue weighted by Crippen LogP contribution is -2.36. The Bertz CT molecular complexity index is 313. The minimum absolute atomic E-state index is 0.244. The number of carbonyl (C=O) groups excluding carboxylic acids is 1. The van der Waals surface area contributed by atoms with Crippen molar-refractivity contribution in [1.82, 2.24) is 20.1 Å². The zero-order valence-corrected chi connectivity index (χ0v) is 8.37. The van der Waals surface area contributed by atoms with Crippen LogP contribution in [-0.2, 0) is 0 Å². The Morgan fingerprint density at radius 2 is 2.57 bits per heavy atom. The van der Waals surface area contributed by atoms with Crippen molar-refractivity contribution in [1.29, 1.82) is 0 Å². The molecule has 1 atom stereocenters. The molecule has 1 aliphatic heterocycles. The van der Waals surface area contributed by atoms with Gasteiger partial charge in [0, 0.05) is 19.0 Å². The largest absolute Gasteiger partial charge is 0.328 e. The summed E-state index contributed by atoms with van der Waals surface area (Å²) >= 11 is 5.42. The molecule has 76 valence electrons. The fourth-order valence-corrected chi connectivity index (χ4v) is 1.93. The van der Waals surface area contributed by atoms with Gasteiger partial charge in [-0.15, -0.1) is 0 Å². The third-order valence-electron chi connectivity index (χ3n) is 2.49. The molecule has 1 aliphatic rings. The van der Waals surface area contributed by atoms with Gasteiger partial charge in [0.25, 0.3) is 0 Å². The van der Waals surface area contributed by atoms with Crippen molar-refractivity contribution in [3.63, 3.8) is 0 Å². The number of aromatic amines is 1. The van der Waals surface area contributed by atoms with Gasteiger partial charge in [-0.3, -0.25) is 9.89 Å². The first-order valence-corrected chi connectivity index (χ1v) is 4.95. The van der Waals surface area contributed by atoms with Gasteiger partial charge in [-0.05, 0) is 24.4 Å². The van der Waals surface area contributed by atoms with E-state index in [4.69, 9.17) is 11.6 Å². The summed E-state index contributed by atoms with van der Waals surface area (Å²) in [6.45, 7) is 1.38. The van der Waals surface area contributed by atoms with Crippen molar-refractivity contribution < 1.29 is 4.79 Å². The van der Waals surface area contributed by atoms with Gasteiger partial charge in [0.2, 0.25) is 0 Å². The number of hydrogen-bond donors (Lipinski definition) is 1. The van der Waals surface area contributed by atoms with Gasteiger partial charge in [0.1, 0.15) is 12.2 Å². The van der Waals surface area contributed by atoms with E-state index in [0.29, 0.717) is 6.54 Å². The molecule has 1 aromatic rings. The van der Waals surface area contributed by atoms with Gasteiger partial charge in [0.15, 0.2) is 0 Å². The molecule has 1 saturated heterocycles. The predicted octanol–water partition coefficient (Wildman–Crippen LogP) is 1.34. The van der Waals surface area contributed by atoms with E-state index < -0.39 is 0 Å². The van der Waals surface area contributed by atoms with E-state index in [9.17, 15) is 4.79 Å². The summed E-state index contributed by atoms with van der Waals surface area (Å²) < 4.78 is 0. The summed E-state index contributed by atoms with van der Waals surface area (Å²) in [7, 11) is 0. The predicted molar refractivity (Wildman–Crippen MR) is 51.2 cm³/mol. The second-order valence-electron chi connectivity index (χ2n) is 3.41. The number of carbonyl (C=O) groups is 1. The highest BCUT2D eigenvalue weighted by Gasteiger charge is 2.25. The van der Waals surface area contributed by atoms with E-state index in [1.165, 1.54) is 6.33 Å². The average Bonchev–Trinajstić information content (AvgIpc) is 2.71. The van der Waals surface area contributed by atoms with Crippen molar-refractivity contribution >= 4 is 17.0 Å². The van der Waals surface area contributed by atoms with E-state index in [1.807, 2.05) is 0 Å². The summed E-state index contributed by atoms with van der Waals surface area (Å²) in [5.74, 6) is 1.08. The smallest absolute Gasteiger partial charge is 0.316 e. The fourth-order valence-electron chi connectivity index (χ4n) is 1.77. The molecule has 2 rings (SSSR count). The number of rotatable bonds is 1. The highest BCUT2D eigenvalue weighted by molar-refractivity contribution is 6.62. The first-order valence-electron chi connectivity index (χ1n) is 4.57. The second-order valence-corrected chi connectivity index (χ2v) is 3.73. The van der Waals surface area contributed by atoms with Crippen molar-refractivity contribution in [3.8, 4) is 0 Å². The Labute approximate surface area is 86.5 Å². The molecule has 0 saturated carbocycles. The molecule has 0 aromatic carbocycles. The molecule has 14 heavy (non-hydrogen) atoms. The highest BCUT2D eigenvalue weighted by atomic mass is 35.5. The van der Waals surface area contributed by atoms with E-state index in [1.54, 1.807) is 4.90 Å². The van der Waals surface area contributed by atoms with Gasteiger partial charge in [0.05, 0.1) is 0 Å². The molecule has 0 aliphatic carbocycles. The van der Waals surface area contributed by atoms with Gasteiger partial charge in [-0.2, -0.15) is 5.10 Å². The first kappa shape index (κ1) is 9.45. The molecule has 0 radical (unpaired) electrons. The molecule has 6 heteroatoms. The van der Waals surface area contributed by atoms with Crippen molar-refractivity contribution in [3.05, 3.63) is 12.2 Å². The third kappa shape index (κ3) is 1.87. The van der Waals surface area contributed by atoms with Crippen molar-refractivity contribution in [2.45, 2.75) is 18.8 Å². The molecule has 2 heterocycles. The van der Waals surface area contributed by atoms with Crippen LogP contribution in [0.5, 0.6) is 0 Å². The molecule has 0 bridgehead atoms. The number of nitrogens with zero attached hydrogens (tertiary/aromatic N) is 3. The van der Waals surface area contributed by atoms with E-state index in [2.05, 4.69) is 15.2 Å². The molecule has 5 nitrogen and oxygen atoms in total. The van der Waals surface area contributed by atoms with Gasteiger partial charge >= 0.3 is 5.37 Å². The monoisotopic (exact) mass is 214 g/mol. The number of likely N-dealkylation sites (tertiary alicyclic amines) is 1. The first-order chi connectivity index (χ1) is 6.77. The second kappa shape index (κ2) is 3.96. The quantitative estimate of drug-likeness (QED) is 0.567. The Hall–Kier alpha value is -1.10. The number of aromatic nitrogens is 3. The fraction of sp³-hybridized carbons (Fsp3) is 0.625. The van der Waals surface area contributed by atoms with Gasteiger partial charge in [-0.25, -0.2) is 4.98 Å². The molecular formula is C8H11ClN4O. The number of amides is 1. The van der Waals surface area contributed by atoms with Gasteiger partial charge < -0.3 is 4.90 Å².